The van der Waals surface area contributed by atoms with Crippen LogP contribution in [0.3, 0.4) is 0 Å². The summed E-state index contributed by atoms with van der Waals surface area (Å²) in [6.45, 7) is 5.88. The summed E-state index contributed by atoms with van der Waals surface area (Å²) in [5, 5.41) is 3.67. The quantitative estimate of drug-likeness (QED) is 0.594. The van der Waals surface area contributed by atoms with Crippen LogP contribution in [0.2, 0.25) is 0 Å². The molecular formula is C24H29N4O3S+. The molecule has 1 fully saturated rings. The Bertz CT molecular complexity index is 1190. The lowest BCUT2D eigenvalue weighted by atomic mass is 10.1. The minimum atomic E-state index is -0.206. The minimum absolute atomic E-state index is 0.0268. The van der Waals surface area contributed by atoms with Gasteiger partial charge in [0.1, 0.15) is 31.0 Å². The molecule has 0 spiro atoms. The molecule has 0 unspecified atom stereocenters. The number of nitrogens with zero attached hydrogens (tertiary/aromatic N) is 2. The normalized spacial score (nSPS) is 16.4. The zero-order chi connectivity index (χ0) is 22.1. The molecule has 32 heavy (non-hydrogen) atoms. The van der Waals surface area contributed by atoms with Crippen LogP contribution >= 0.6 is 11.3 Å². The monoisotopic (exact) mass is 453 g/mol. The largest absolute Gasteiger partial charge is 0.370 e. The van der Waals surface area contributed by atoms with E-state index in [0.29, 0.717) is 25.6 Å². The number of fused-ring (bicyclic) bond motifs is 3. The van der Waals surface area contributed by atoms with Crippen molar-refractivity contribution < 1.29 is 14.4 Å². The molecule has 1 aromatic carbocycles. The first kappa shape index (κ1) is 21.3. The molecule has 2 N–H and O–H groups in total. The van der Waals surface area contributed by atoms with Crippen LogP contribution in [-0.4, -0.2) is 41.8 Å². The highest BCUT2D eigenvalue weighted by molar-refractivity contribution is 7.18. The fourth-order valence-electron chi connectivity index (χ4n) is 4.65. The van der Waals surface area contributed by atoms with Gasteiger partial charge in [0.25, 0.3) is 5.56 Å². The van der Waals surface area contributed by atoms with E-state index in [1.807, 2.05) is 24.3 Å². The van der Waals surface area contributed by atoms with Gasteiger partial charge < -0.3 is 15.0 Å². The SMILES string of the molecule is CCc1ccc(NC(=O)Cn2c(C[NH+]3CCOCC3)nc3sc4c(c3c2=O)CCC4)cc1. The number of ether oxygens (including phenoxy) is 1. The fraction of sp³-hybridized carbons (Fsp3) is 0.458. The summed E-state index contributed by atoms with van der Waals surface area (Å²) in [6.07, 6.45) is 3.99. The third-order valence-corrected chi connectivity index (χ3v) is 7.65. The lowest BCUT2D eigenvalue weighted by Crippen LogP contribution is -3.13. The zero-order valence-corrected chi connectivity index (χ0v) is 19.2. The molecule has 3 heterocycles. The Kier molecular flexibility index (Phi) is 6.08. The molecule has 5 rings (SSSR count). The highest BCUT2D eigenvalue weighted by Crippen LogP contribution is 2.34. The molecule has 0 radical (unpaired) electrons. The first-order valence-corrected chi connectivity index (χ1v) is 12.3. The van der Waals surface area contributed by atoms with Gasteiger partial charge in [-0.25, -0.2) is 4.98 Å². The number of hydrogen-bond donors (Lipinski definition) is 2. The van der Waals surface area contributed by atoms with E-state index in [-0.39, 0.29) is 18.0 Å². The maximum atomic E-state index is 13.6. The van der Waals surface area contributed by atoms with Gasteiger partial charge in [-0.2, -0.15) is 0 Å². The summed E-state index contributed by atoms with van der Waals surface area (Å²) in [6, 6.07) is 7.84. The fourth-order valence-corrected chi connectivity index (χ4v) is 5.92. The van der Waals surface area contributed by atoms with Gasteiger partial charge in [-0.1, -0.05) is 19.1 Å². The Morgan fingerprint density at radius 1 is 1.22 bits per heavy atom. The second-order valence-electron chi connectivity index (χ2n) is 8.59. The average Bonchev–Trinajstić information content (AvgIpc) is 3.38. The molecule has 0 bridgehead atoms. The molecule has 0 atom stereocenters. The molecule has 2 aromatic heterocycles. The summed E-state index contributed by atoms with van der Waals surface area (Å²) in [4.78, 5) is 34.9. The summed E-state index contributed by atoms with van der Waals surface area (Å²) >= 11 is 1.65. The number of nitrogens with one attached hydrogen (secondary N) is 2. The Morgan fingerprint density at radius 2 is 2.00 bits per heavy atom. The number of carbonyl (C=O) groups is 1. The first-order valence-electron chi connectivity index (χ1n) is 11.5. The number of amides is 1. The summed E-state index contributed by atoms with van der Waals surface area (Å²) < 4.78 is 7.08. The maximum absolute atomic E-state index is 13.6. The molecule has 1 aliphatic heterocycles. The molecule has 2 aliphatic rings. The number of morpholine rings is 1. The standard InChI is InChI=1S/C24H28N4O3S/c1-2-16-6-8-17(9-7-16)25-21(29)15-28-20(14-27-10-12-31-13-11-27)26-23-22(24(28)30)18-4-3-5-19(18)32-23/h6-9H,2-5,10-15H2,1H3,(H,25,29)/p+1. The van der Waals surface area contributed by atoms with Gasteiger partial charge >= 0.3 is 0 Å². The third kappa shape index (κ3) is 4.22. The number of anilines is 1. The van der Waals surface area contributed by atoms with Crippen LogP contribution in [0.5, 0.6) is 0 Å². The number of thiophene rings is 1. The number of carbonyl (C=O) groups excluding carboxylic acids is 1. The van der Waals surface area contributed by atoms with E-state index in [1.54, 1.807) is 15.9 Å². The van der Waals surface area contributed by atoms with E-state index >= 15 is 0 Å². The van der Waals surface area contributed by atoms with E-state index in [9.17, 15) is 9.59 Å². The lowest BCUT2D eigenvalue weighted by Gasteiger charge is -2.24. The molecule has 168 valence electrons. The van der Waals surface area contributed by atoms with Crippen molar-refractivity contribution in [2.75, 3.05) is 31.6 Å². The van der Waals surface area contributed by atoms with Crippen molar-refractivity contribution >= 4 is 33.1 Å². The van der Waals surface area contributed by atoms with Gasteiger partial charge in [0.2, 0.25) is 5.91 Å². The number of benzene rings is 1. The number of quaternary nitrogens is 1. The summed E-state index contributed by atoms with van der Waals surface area (Å²) in [7, 11) is 0. The number of rotatable bonds is 6. The van der Waals surface area contributed by atoms with Crippen LogP contribution < -0.4 is 15.8 Å². The highest BCUT2D eigenvalue weighted by atomic mass is 32.1. The van der Waals surface area contributed by atoms with Crippen LogP contribution in [0.4, 0.5) is 5.69 Å². The van der Waals surface area contributed by atoms with Gasteiger partial charge in [0, 0.05) is 10.6 Å². The summed E-state index contributed by atoms with van der Waals surface area (Å²) in [5.74, 6) is 0.485. The summed E-state index contributed by atoms with van der Waals surface area (Å²) in [5.41, 5.74) is 3.03. The maximum Gasteiger partial charge on any atom is 0.263 e. The van der Waals surface area contributed by atoms with Gasteiger partial charge in [0.15, 0.2) is 5.82 Å². The number of aryl methyl sites for hydroxylation is 3. The van der Waals surface area contributed by atoms with Crippen molar-refractivity contribution in [2.24, 2.45) is 0 Å². The molecule has 0 saturated carbocycles. The molecule has 8 heteroatoms. The Balaban J connectivity index is 1.47. The van der Waals surface area contributed by atoms with E-state index in [0.717, 1.165) is 60.2 Å². The van der Waals surface area contributed by atoms with Crippen molar-refractivity contribution in [2.45, 2.75) is 45.7 Å². The number of hydrogen-bond acceptors (Lipinski definition) is 5. The van der Waals surface area contributed by atoms with Crippen molar-refractivity contribution in [3.63, 3.8) is 0 Å². The number of aromatic nitrogens is 2. The second kappa shape index (κ2) is 9.13. The third-order valence-electron chi connectivity index (χ3n) is 6.46. The predicted molar refractivity (Wildman–Crippen MR) is 126 cm³/mol. The van der Waals surface area contributed by atoms with Crippen LogP contribution in [0.15, 0.2) is 29.1 Å². The van der Waals surface area contributed by atoms with Gasteiger partial charge in [0.05, 0.1) is 18.6 Å². The Labute approximate surface area is 191 Å². The van der Waals surface area contributed by atoms with Crippen molar-refractivity contribution in [3.8, 4) is 0 Å². The topological polar surface area (TPSA) is 77.7 Å². The van der Waals surface area contributed by atoms with Crippen molar-refractivity contribution in [3.05, 3.63) is 56.4 Å². The molecule has 7 nitrogen and oxygen atoms in total. The zero-order valence-electron chi connectivity index (χ0n) is 18.4. The van der Waals surface area contributed by atoms with E-state index in [2.05, 4.69) is 12.2 Å². The average molecular weight is 454 g/mol. The minimum Gasteiger partial charge on any atom is -0.370 e. The van der Waals surface area contributed by atoms with E-state index < -0.39 is 0 Å². The predicted octanol–water partition coefficient (Wildman–Crippen LogP) is 1.56. The highest BCUT2D eigenvalue weighted by Gasteiger charge is 2.26. The van der Waals surface area contributed by atoms with Gasteiger partial charge in [-0.05, 0) is 48.9 Å². The first-order chi connectivity index (χ1) is 15.6. The van der Waals surface area contributed by atoms with Crippen LogP contribution in [-0.2, 0) is 41.9 Å². The molecule has 1 amide bonds. The second-order valence-corrected chi connectivity index (χ2v) is 9.68. The van der Waals surface area contributed by atoms with Crippen molar-refractivity contribution in [1.29, 1.82) is 0 Å². The Hall–Kier alpha value is -2.55. The lowest BCUT2D eigenvalue weighted by molar-refractivity contribution is -0.922. The van der Waals surface area contributed by atoms with E-state index in [1.165, 1.54) is 15.3 Å². The van der Waals surface area contributed by atoms with Crippen LogP contribution in [0.1, 0.15) is 35.2 Å². The molecule has 1 saturated heterocycles. The van der Waals surface area contributed by atoms with Gasteiger partial charge in [-0.3, -0.25) is 14.2 Å². The van der Waals surface area contributed by atoms with Crippen LogP contribution in [0.25, 0.3) is 10.2 Å². The molecule has 3 aromatic rings. The molecular weight excluding hydrogens is 424 g/mol. The molecule has 1 aliphatic carbocycles. The van der Waals surface area contributed by atoms with Crippen LogP contribution in [0, 0.1) is 0 Å². The smallest absolute Gasteiger partial charge is 0.263 e. The van der Waals surface area contributed by atoms with Crippen molar-refractivity contribution in [1.82, 2.24) is 9.55 Å². The van der Waals surface area contributed by atoms with Gasteiger partial charge in [-0.15, -0.1) is 11.3 Å². The van der Waals surface area contributed by atoms with E-state index in [4.69, 9.17) is 9.72 Å². The Morgan fingerprint density at radius 3 is 2.75 bits per heavy atom.